The predicted molar refractivity (Wildman–Crippen MR) is 81.5 cm³/mol. The highest BCUT2D eigenvalue weighted by atomic mass is 16.4. The van der Waals surface area contributed by atoms with E-state index >= 15 is 0 Å². The lowest BCUT2D eigenvalue weighted by Crippen LogP contribution is -2.48. The van der Waals surface area contributed by atoms with Crippen LogP contribution in [0.5, 0.6) is 0 Å². The van der Waals surface area contributed by atoms with Crippen molar-refractivity contribution in [1.29, 1.82) is 0 Å². The van der Waals surface area contributed by atoms with Gasteiger partial charge in [-0.1, -0.05) is 0 Å². The third-order valence-electron chi connectivity index (χ3n) is 2.51. The van der Waals surface area contributed by atoms with Crippen molar-refractivity contribution in [2.45, 2.75) is 12.5 Å². The van der Waals surface area contributed by atoms with Gasteiger partial charge in [-0.15, -0.1) is 0 Å². The zero-order chi connectivity index (χ0) is 19.4. The Hall–Kier alpha value is -3.22. The number of carbonyl (C=O) groups excluding carboxylic acids is 5. The molecule has 0 radical (unpaired) electrons. The summed E-state index contributed by atoms with van der Waals surface area (Å²) in [7, 11) is 0. The van der Waals surface area contributed by atoms with Crippen LogP contribution in [0.2, 0.25) is 0 Å². The van der Waals surface area contributed by atoms with Gasteiger partial charge in [0.25, 0.3) is 0 Å². The molecule has 0 rings (SSSR count). The molecule has 0 heterocycles. The number of carbonyl (C=O) groups is 6. The fourth-order valence-electron chi connectivity index (χ4n) is 1.33. The van der Waals surface area contributed by atoms with Crippen molar-refractivity contribution in [1.82, 2.24) is 21.3 Å². The zero-order valence-corrected chi connectivity index (χ0v) is 13.2. The van der Waals surface area contributed by atoms with Crippen LogP contribution >= 0.6 is 0 Å². The number of aliphatic carboxylic acids is 1. The summed E-state index contributed by atoms with van der Waals surface area (Å²) in [5.41, 5.74) is 10.2. The van der Waals surface area contributed by atoms with Gasteiger partial charge in [-0.2, -0.15) is 0 Å². The van der Waals surface area contributed by atoms with Crippen molar-refractivity contribution in [2.75, 3.05) is 26.2 Å². The van der Waals surface area contributed by atoms with Gasteiger partial charge < -0.3 is 37.8 Å². The van der Waals surface area contributed by atoms with Crippen LogP contribution in [0.25, 0.3) is 0 Å². The van der Waals surface area contributed by atoms with E-state index in [0.717, 1.165) is 0 Å². The molecule has 0 aromatic carbocycles. The van der Waals surface area contributed by atoms with Crippen molar-refractivity contribution in [3.8, 4) is 0 Å². The maximum absolute atomic E-state index is 11.4. The maximum atomic E-state index is 11.4. The third-order valence-corrected chi connectivity index (χ3v) is 2.51. The van der Waals surface area contributed by atoms with E-state index in [1.165, 1.54) is 0 Å². The molecule has 0 aromatic rings. The number of primary amides is 1. The number of amides is 5. The second kappa shape index (κ2) is 11.3. The quantitative estimate of drug-likeness (QED) is 0.188. The van der Waals surface area contributed by atoms with Crippen molar-refractivity contribution < 1.29 is 33.9 Å². The number of nitrogens with two attached hydrogens (primary N) is 2. The Morgan fingerprint density at radius 3 is 1.56 bits per heavy atom. The fourth-order valence-corrected chi connectivity index (χ4v) is 1.33. The van der Waals surface area contributed by atoms with E-state index in [-0.39, 0.29) is 6.42 Å². The molecule has 1 atom stereocenters. The molecule has 0 unspecified atom stereocenters. The van der Waals surface area contributed by atoms with Crippen LogP contribution < -0.4 is 32.7 Å². The van der Waals surface area contributed by atoms with Gasteiger partial charge in [-0.25, -0.2) is 0 Å². The van der Waals surface area contributed by atoms with Crippen LogP contribution in [-0.2, 0) is 28.8 Å². The van der Waals surface area contributed by atoms with Gasteiger partial charge in [0.05, 0.1) is 32.1 Å². The molecule has 13 heteroatoms. The first-order valence-electron chi connectivity index (χ1n) is 6.95. The first-order chi connectivity index (χ1) is 11.6. The summed E-state index contributed by atoms with van der Waals surface area (Å²) < 4.78 is 0. The van der Waals surface area contributed by atoms with Gasteiger partial charge in [0.2, 0.25) is 29.5 Å². The second-order valence-electron chi connectivity index (χ2n) is 4.72. The lowest BCUT2D eigenvalue weighted by molar-refractivity contribution is -0.137. The van der Waals surface area contributed by atoms with Crippen LogP contribution in [0.15, 0.2) is 0 Å². The predicted octanol–water partition coefficient (Wildman–Crippen LogP) is -5.26. The van der Waals surface area contributed by atoms with E-state index in [4.69, 9.17) is 16.6 Å². The maximum Gasteiger partial charge on any atom is 0.322 e. The van der Waals surface area contributed by atoms with E-state index < -0.39 is 67.7 Å². The highest BCUT2D eigenvalue weighted by Crippen LogP contribution is 1.86. The molecule has 0 bridgehead atoms. The highest BCUT2D eigenvalue weighted by molar-refractivity contribution is 5.92. The van der Waals surface area contributed by atoms with E-state index in [9.17, 15) is 28.8 Å². The molecular weight excluding hydrogens is 340 g/mol. The summed E-state index contributed by atoms with van der Waals surface area (Å²) in [6, 6.07) is -1.18. The molecule has 13 nitrogen and oxygen atoms in total. The Labute approximate surface area is 141 Å². The summed E-state index contributed by atoms with van der Waals surface area (Å²) in [5, 5.41) is 16.8. The van der Waals surface area contributed by atoms with Gasteiger partial charge in [0.15, 0.2) is 0 Å². The second-order valence-corrected chi connectivity index (χ2v) is 4.72. The number of hydrogen-bond acceptors (Lipinski definition) is 7. The smallest absolute Gasteiger partial charge is 0.322 e. The molecule has 9 N–H and O–H groups in total. The molecule has 0 saturated carbocycles. The van der Waals surface area contributed by atoms with Crippen molar-refractivity contribution in [3.05, 3.63) is 0 Å². The van der Waals surface area contributed by atoms with Crippen molar-refractivity contribution in [3.63, 3.8) is 0 Å². The van der Waals surface area contributed by atoms with Gasteiger partial charge in [-0.05, 0) is 0 Å². The Bertz CT molecular complexity index is 550. The van der Waals surface area contributed by atoms with E-state index in [2.05, 4.69) is 16.0 Å². The van der Waals surface area contributed by atoms with Gasteiger partial charge in [-0.3, -0.25) is 28.8 Å². The van der Waals surface area contributed by atoms with E-state index in [1.807, 2.05) is 5.32 Å². The topological polar surface area (TPSA) is 223 Å². The monoisotopic (exact) mass is 360 g/mol. The average molecular weight is 360 g/mol. The SMILES string of the molecule is NC(=O)C[C@H](N)C(=O)NCC(=O)NCC(=O)NCC(=O)NCC(=O)O. The zero-order valence-electron chi connectivity index (χ0n) is 13.2. The van der Waals surface area contributed by atoms with E-state index in [1.54, 1.807) is 0 Å². The molecule has 140 valence electrons. The van der Waals surface area contributed by atoms with Crippen LogP contribution in [0.4, 0.5) is 0 Å². The Kier molecular flexibility index (Phi) is 9.88. The number of carboxylic acid groups (broad SMARTS) is 1. The summed E-state index contributed by atoms with van der Waals surface area (Å²) in [4.78, 5) is 66.2. The van der Waals surface area contributed by atoms with Crippen molar-refractivity contribution in [2.24, 2.45) is 11.5 Å². The number of nitrogens with one attached hydrogen (secondary N) is 4. The summed E-state index contributed by atoms with van der Waals surface area (Å²) in [5.74, 6) is -4.87. The lowest BCUT2D eigenvalue weighted by atomic mass is 10.2. The molecule has 0 aliphatic rings. The average Bonchev–Trinajstić information content (AvgIpc) is 2.53. The highest BCUT2D eigenvalue weighted by Gasteiger charge is 2.16. The normalized spacial score (nSPS) is 10.9. The summed E-state index contributed by atoms with van der Waals surface area (Å²) in [6.45, 7) is -1.98. The summed E-state index contributed by atoms with van der Waals surface area (Å²) in [6.07, 6.45) is -0.375. The molecule has 5 amide bonds. The first kappa shape index (κ1) is 21.8. The molecule has 25 heavy (non-hydrogen) atoms. The van der Waals surface area contributed by atoms with Crippen LogP contribution in [0, 0.1) is 0 Å². The number of hydrogen-bond donors (Lipinski definition) is 7. The minimum absolute atomic E-state index is 0.375. The molecule has 0 aromatic heterocycles. The largest absolute Gasteiger partial charge is 0.480 e. The Morgan fingerprint density at radius 2 is 1.16 bits per heavy atom. The van der Waals surface area contributed by atoms with Gasteiger partial charge >= 0.3 is 5.97 Å². The van der Waals surface area contributed by atoms with Gasteiger partial charge in [0.1, 0.15) is 6.54 Å². The molecule has 0 fully saturated rings. The van der Waals surface area contributed by atoms with Crippen LogP contribution in [0.1, 0.15) is 6.42 Å². The fraction of sp³-hybridized carbons (Fsp3) is 0.500. The lowest BCUT2D eigenvalue weighted by Gasteiger charge is -2.11. The van der Waals surface area contributed by atoms with Gasteiger partial charge in [0, 0.05) is 0 Å². The Morgan fingerprint density at radius 1 is 0.760 bits per heavy atom. The molecule has 0 spiro atoms. The standard InChI is InChI=1S/C12H20N6O7/c13-6(1-7(14)19)12(25)18-4-10(22)16-2-8(20)15-3-9(21)17-5-11(23)24/h6H,1-5,13H2,(H2,14,19)(H,15,20)(H,16,22)(H,17,21)(H,18,25)(H,23,24)/t6-/m0/s1. The molecular formula is C12H20N6O7. The first-order valence-corrected chi connectivity index (χ1v) is 6.95. The molecule has 0 saturated heterocycles. The molecule has 0 aliphatic carbocycles. The van der Waals surface area contributed by atoms with Crippen molar-refractivity contribution >= 4 is 35.5 Å². The minimum Gasteiger partial charge on any atom is -0.480 e. The number of carboxylic acids is 1. The summed E-state index contributed by atoms with van der Waals surface area (Å²) >= 11 is 0. The Balaban J connectivity index is 3.92. The van der Waals surface area contributed by atoms with Crippen LogP contribution in [0.3, 0.4) is 0 Å². The number of rotatable bonds is 11. The third kappa shape index (κ3) is 11.9. The van der Waals surface area contributed by atoms with E-state index in [0.29, 0.717) is 0 Å². The minimum atomic E-state index is -1.23. The van der Waals surface area contributed by atoms with Crippen LogP contribution in [-0.4, -0.2) is 72.8 Å². The molecule has 0 aliphatic heterocycles.